The van der Waals surface area contributed by atoms with Crippen molar-refractivity contribution in [2.75, 3.05) is 0 Å². The molecule has 0 aliphatic heterocycles. The smallest absolute Gasteiger partial charge is 0.0362 e. The normalized spacial score (nSPS) is 18.2. The van der Waals surface area contributed by atoms with E-state index in [0.717, 1.165) is 6.42 Å². The predicted octanol–water partition coefficient (Wildman–Crippen LogP) is 15.3. The van der Waals surface area contributed by atoms with E-state index in [-0.39, 0.29) is 0 Å². The second-order valence-corrected chi connectivity index (χ2v) is 16.3. The summed E-state index contributed by atoms with van der Waals surface area (Å²) in [6.45, 7) is 2.43. The zero-order valence-corrected chi connectivity index (χ0v) is 31.0. The van der Waals surface area contributed by atoms with Gasteiger partial charge in [0, 0.05) is 20.2 Å². The topological polar surface area (TPSA) is 0 Å². The lowest BCUT2D eigenvalue weighted by atomic mass is 9.70. The summed E-state index contributed by atoms with van der Waals surface area (Å²) in [7, 11) is 0. The SMILES string of the molecule is CC1C=C(c2c3ccccc3c(-c3ccccc3)c3cc4sc5cc(-c6cccc7ccccc67)ccc5c4cc23)C=CC1C1CC=Cc2ccccc21. The molecule has 54 heavy (non-hydrogen) atoms. The lowest BCUT2D eigenvalue weighted by Crippen LogP contribution is -2.21. The third-order valence-electron chi connectivity index (χ3n) is 12.2. The molecule has 0 N–H and O–H groups in total. The van der Waals surface area contributed by atoms with Crippen LogP contribution in [0.5, 0.6) is 0 Å². The van der Waals surface area contributed by atoms with Crippen molar-refractivity contribution < 1.29 is 0 Å². The molecular formula is C53H38S. The van der Waals surface area contributed by atoms with Crippen LogP contribution in [0.1, 0.15) is 36.0 Å². The van der Waals surface area contributed by atoms with Crippen LogP contribution in [0.15, 0.2) is 176 Å². The van der Waals surface area contributed by atoms with Gasteiger partial charge in [-0.05, 0) is 119 Å². The number of thiophene rings is 1. The van der Waals surface area contributed by atoms with Crippen molar-refractivity contribution >= 4 is 75.5 Å². The van der Waals surface area contributed by atoms with Crippen molar-refractivity contribution in [3.8, 4) is 22.3 Å². The Morgan fingerprint density at radius 1 is 0.519 bits per heavy atom. The molecule has 9 aromatic rings. The van der Waals surface area contributed by atoms with Gasteiger partial charge in [0.05, 0.1) is 0 Å². The molecule has 1 aromatic heterocycles. The highest BCUT2D eigenvalue weighted by atomic mass is 32.1. The maximum Gasteiger partial charge on any atom is 0.0362 e. The molecule has 0 bridgehead atoms. The molecule has 1 heteroatoms. The third-order valence-corrected chi connectivity index (χ3v) is 13.3. The van der Waals surface area contributed by atoms with E-state index in [2.05, 4.69) is 189 Å². The fraction of sp³-hybridized carbons (Fsp3) is 0.0943. The summed E-state index contributed by atoms with van der Waals surface area (Å²) >= 11 is 1.92. The summed E-state index contributed by atoms with van der Waals surface area (Å²) in [6.07, 6.45) is 13.3. The Morgan fingerprint density at radius 3 is 2.11 bits per heavy atom. The van der Waals surface area contributed by atoms with Crippen molar-refractivity contribution in [1.29, 1.82) is 0 Å². The van der Waals surface area contributed by atoms with E-state index in [0.29, 0.717) is 17.8 Å². The molecular weight excluding hydrogens is 669 g/mol. The van der Waals surface area contributed by atoms with Crippen molar-refractivity contribution in [3.63, 3.8) is 0 Å². The summed E-state index contributed by atoms with van der Waals surface area (Å²) in [5.41, 5.74) is 10.7. The number of allylic oxidation sites excluding steroid dienone is 5. The number of fused-ring (bicyclic) bond motifs is 7. The molecule has 2 aliphatic rings. The first-order valence-corrected chi connectivity index (χ1v) is 20.1. The van der Waals surface area contributed by atoms with Crippen LogP contribution >= 0.6 is 11.3 Å². The number of hydrogen-bond donors (Lipinski definition) is 0. The van der Waals surface area contributed by atoms with E-state index in [1.807, 2.05) is 11.3 Å². The van der Waals surface area contributed by atoms with Crippen LogP contribution in [-0.2, 0) is 0 Å². The average molecular weight is 707 g/mol. The molecule has 2 aliphatic carbocycles. The van der Waals surface area contributed by atoms with Gasteiger partial charge in [0.25, 0.3) is 0 Å². The monoisotopic (exact) mass is 706 g/mol. The molecule has 0 amide bonds. The zero-order valence-electron chi connectivity index (χ0n) is 30.2. The highest BCUT2D eigenvalue weighted by Crippen LogP contribution is 2.49. The number of rotatable bonds is 4. The first kappa shape index (κ1) is 31.5. The quantitative estimate of drug-likeness (QED) is 0.160. The van der Waals surface area contributed by atoms with E-state index in [4.69, 9.17) is 0 Å². The molecule has 0 nitrogen and oxygen atoms in total. The fourth-order valence-corrected chi connectivity index (χ4v) is 10.8. The first-order valence-electron chi connectivity index (χ1n) is 19.2. The maximum absolute atomic E-state index is 2.57. The van der Waals surface area contributed by atoms with Gasteiger partial charge in [0.15, 0.2) is 0 Å². The average Bonchev–Trinajstić information content (AvgIpc) is 3.58. The summed E-state index contributed by atoms with van der Waals surface area (Å²) in [5.74, 6) is 1.33. The van der Waals surface area contributed by atoms with Gasteiger partial charge in [-0.1, -0.05) is 171 Å². The molecule has 256 valence electrons. The van der Waals surface area contributed by atoms with Gasteiger partial charge in [0.1, 0.15) is 0 Å². The summed E-state index contributed by atoms with van der Waals surface area (Å²) in [5, 5.41) is 10.5. The third kappa shape index (κ3) is 4.96. The lowest BCUT2D eigenvalue weighted by Gasteiger charge is -2.33. The molecule has 0 saturated heterocycles. The van der Waals surface area contributed by atoms with Crippen molar-refractivity contribution in [2.24, 2.45) is 11.8 Å². The minimum Gasteiger partial charge on any atom is -0.135 e. The van der Waals surface area contributed by atoms with Crippen LogP contribution < -0.4 is 0 Å². The Hall–Kier alpha value is -6.02. The van der Waals surface area contributed by atoms with E-state index in [1.54, 1.807) is 0 Å². The van der Waals surface area contributed by atoms with Crippen LogP contribution in [0.4, 0.5) is 0 Å². The lowest BCUT2D eigenvalue weighted by molar-refractivity contribution is 0.416. The van der Waals surface area contributed by atoms with Crippen molar-refractivity contribution in [3.05, 3.63) is 193 Å². The summed E-state index contributed by atoms with van der Waals surface area (Å²) < 4.78 is 2.66. The van der Waals surface area contributed by atoms with Gasteiger partial charge in [-0.15, -0.1) is 11.3 Å². The van der Waals surface area contributed by atoms with Gasteiger partial charge in [-0.3, -0.25) is 0 Å². The fourth-order valence-electron chi connectivity index (χ4n) is 9.66. The Balaban J connectivity index is 1.13. The Morgan fingerprint density at radius 2 is 1.24 bits per heavy atom. The molecule has 3 atom stereocenters. The highest BCUT2D eigenvalue weighted by molar-refractivity contribution is 7.26. The molecule has 0 saturated carbocycles. The van der Waals surface area contributed by atoms with E-state index < -0.39 is 0 Å². The zero-order chi connectivity index (χ0) is 35.8. The second-order valence-electron chi connectivity index (χ2n) is 15.2. The Bertz CT molecular complexity index is 3040. The van der Waals surface area contributed by atoms with Gasteiger partial charge >= 0.3 is 0 Å². The molecule has 11 rings (SSSR count). The number of benzene rings is 8. The van der Waals surface area contributed by atoms with Crippen LogP contribution in [0.25, 0.3) is 86.4 Å². The minimum absolute atomic E-state index is 0.398. The van der Waals surface area contributed by atoms with Gasteiger partial charge < -0.3 is 0 Å². The van der Waals surface area contributed by atoms with Crippen molar-refractivity contribution in [2.45, 2.75) is 19.3 Å². The highest BCUT2D eigenvalue weighted by Gasteiger charge is 2.30. The summed E-state index contributed by atoms with van der Waals surface area (Å²) in [4.78, 5) is 0. The van der Waals surface area contributed by atoms with Crippen LogP contribution in [0.2, 0.25) is 0 Å². The van der Waals surface area contributed by atoms with Crippen LogP contribution in [0.3, 0.4) is 0 Å². The van der Waals surface area contributed by atoms with Gasteiger partial charge in [-0.25, -0.2) is 0 Å². The first-order chi connectivity index (χ1) is 26.7. The predicted molar refractivity (Wildman–Crippen MR) is 235 cm³/mol. The van der Waals surface area contributed by atoms with Gasteiger partial charge in [-0.2, -0.15) is 0 Å². The van der Waals surface area contributed by atoms with E-state index in [9.17, 15) is 0 Å². The number of hydrogen-bond acceptors (Lipinski definition) is 1. The molecule has 0 fully saturated rings. The largest absolute Gasteiger partial charge is 0.135 e. The molecule has 3 unspecified atom stereocenters. The van der Waals surface area contributed by atoms with E-state index >= 15 is 0 Å². The molecule has 0 radical (unpaired) electrons. The van der Waals surface area contributed by atoms with Crippen LogP contribution in [0, 0.1) is 11.8 Å². The van der Waals surface area contributed by atoms with Crippen LogP contribution in [-0.4, -0.2) is 0 Å². The Labute approximate surface area is 320 Å². The second kappa shape index (κ2) is 12.5. The minimum atomic E-state index is 0.398. The Kier molecular flexibility index (Phi) is 7.32. The van der Waals surface area contributed by atoms with Gasteiger partial charge in [0.2, 0.25) is 0 Å². The van der Waals surface area contributed by atoms with Crippen molar-refractivity contribution in [1.82, 2.24) is 0 Å². The summed E-state index contributed by atoms with van der Waals surface area (Å²) in [6, 6.07) is 56.5. The molecule has 0 spiro atoms. The maximum atomic E-state index is 2.57. The standard InChI is InChI=1S/C53H38S/c1-33-29-38(26-27-39(33)43-24-12-18-35-14-6-8-20-41(35)43)53-46-22-10-9-21-45(46)52(36-15-3-2-4-16-36)49-32-51-47(31-48(49)53)44-28-25-37(30-50(44)54-51)42-23-11-17-34-13-5-7-19-40(34)42/h2-23,25-33,39,43H,24H2,1H3. The van der Waals surface area contributed by atoms with E-state index in [1.165, 1.54) is 97.0 Å². The molecule has 1 heterocycles. The molecule has 8 aromatic carbocycles.